The number of ketones is 1. The molecule has 30 heavy (non-hydrogen) atoms. The molecule has 1 aliphatic heterocycles. The zero-order chi connectivity index (χ0) is 22.4. The number of likely N-dealkylation sites (tertiary alicyclic amines) is 1. The smallest absolute Gasteiger partial charge is 0.407 e. The molecule has 0 aromatic heterocycles. The molecule has 2 rings (SSSR count). The number of esters is 1. The maximum Gasteiger partial charge on any atom is 0.407 e. The summed E-state index contributed by atoms with van der Waals surface area (Å²) in [6.07, 6.45) is 0.225. The van der Waals surface area contributed by atoms with Crippen LogP contribution in [0.25, 0.3) is 0 Å². The van der Waals surface area contributed by atoms with Gasteiger partial charge in [0.05, 0.1) is 11.6 Å². The fourth-order valence-electron chi connectivity index (χ4n) is 3.14. The van der Waals surface area contributed by atoms with Crippen LogP contribution in [-0.2, 0) is 19.1 Å². The van der Waals surface area contributed by atoms with Crippen LogP contribution >= 0.6 is 15.9 Å². The highest BCUT2D eigenvalue weighted by atomic mass is 79.9. The van der Waals surface area contributed by atoms with Gasteiger partial charge in [-0.3, -0.25) is 9.59 Å². The summed E-state index contributed by atoms with van der Waals surface area (Å²) in [5.41, 5.74) is 0.0741. The van der Waals surface area contributed by atoms with E-state index in [9.17, 15) is 23.6 Å². The molecule has 1 fully saturated rings. The Hall–Kier alpha value is -2.49. The van der Waals surface area contributed by atoms with Crippen molar-refractivity contribution >= 4 is 39.7 Å². The maximum absolute atomic E-state index is 13.6. The summed E-state index contributed by atoms with van der Waals surface area (Å²) < 4.78 is 23.5. The summed E-state index contributed by atoms with van der Waals surface area (Å²) in [5, 5.41) is 2.49. The second-order valence-electron chi connectivity index (χ2n) is 7.21. The normalized spacial score (nSPS) is 16.9. The molecule has 2 amide bonds. The maximum atomic E-state index is 13.6. The summed E-state index contributed by atoms with van der Waals surface area (Å²) in [6.45, 7) is 3.29. The molecule has 164 valence electrons. The number of amides is 2. The van der Waals surface area contributed by atoms with Gasteiger partial charge in [0.2, 0.25) is 5.91 Å². The first-order chi connectivity index (χ1) is 14.1. The molecule has 2 atom stereocenters. The third-order valence-corrected chi connectivity index (χ3v) is 5.43. The first-order valence-corrected chi connectivity index (χ1v) is 10.2. The minimum Gasteiger partial charge on any atom is -0.456 e. The fourth-order valence-corrected chi connectivity index (χ4v) is 3.39. The Balaban J connectivity index is 2.02. The van der Waals surface area contributed by atoms with E-state index in [1.54, 1.807) is 13.8 Å². The number of carbonyl (C=O) groups is 4. The van der Waals surface area contributed by atoms with E-state index < -0.39 is 48.3 Å². The highest BCUT2D eigenvalue weighted by Gasteiger charge is 2.39. The Morgan fingerprint density at radius 3 is 2.60 bits per heavy atom. The molecule has 1 saturated heterocycles. The van der Waals surface area contributed by atoms with Crippen LogP contribution < -0.4 is 5.32 Å². The van der Waals surface area contributed by atoms with Crippen molar-refractivity contribution in [2.75, 3.05) is 20.3 Å². The molecule has 10 heteroatoms. The minimum absolute atomic E-state index is 0.0741. The van der Waals surface area contributed by atoms with Crippen molar-refractivity contribution in [1.29, 1.82) is 0 Å². The van der Waals surface area contributed by atoms with Gasteiger partial charge in [0.1, 0.15) is 17.9 Å². The van der Waals surface area contributed by atoms with Crippen molar-refractivity contribution in [3.63, 3.8) is 0 Å². The lowest BCUT2D eigenvalue weighted by atomic mass is 10.0. The van der Waals surface area contributed by atoms with Crippen LogP contribution in [0.15, 0.2) is 22.7 Å². The van der Waals surface area contributed by atoms with E-state index in [-0.39, 0.29) is 16.0 Å². The molecule has 8 nitrogen and oxygen atoms in total. The number of methoxy groups -OCH3 is 1. The Labute approximate surface area is 182 Å². The van der Waals surface area contributed by atoms with Gasteiger partial charge >= 0.3 is 12.1 Å². The predicted molar refractivity (Wildman–Crippen MR) is 108 cm³/mol. The second kappa shape index (κ2) is 10.5. The van der Waals surface area contributed by atoms with Gasteiger partial charge in [-0.15, -0.1) is 0 Å². The Morgan fingerprint density at radius 1 is 1.30 bits per heavy atom. The summed E-state index contributed by atoms with van der Waals surface area (Å²) >= 11 is 3.00. The average molecular weight is 487 g/mol. The predicted octanol–water partition coefficient (Wildman–Crippen LogP) is 2.69. The average Bonchev–Trinajstić information content (AvgIpc) is 3.21. The number of Topliss-reactive ketones (excluding diaryl/α,β-unsaturated/α-hetero) is 1. The van der Waals surface area contributed by atoms with Gasteiger partial charge in [0, 0.05) is 12.1 Å². The van der Waals surface area contributed by atoms with Crippen LogP contribution in [-0.4, -0.2) is 61.0 Å². The zero-order valence-electron chi connectivity index (χ0n) is 16.9. The topological polar surface area (TPSA) is 102 Å². The molecule has 1 aliphatic rings. The lowest BCUT2D eigenvalue weighted by Crippen LogP contribution is -2.54. The van der Waals surface area contributed by atoms with Gasteiger partial charge in [-0.25, -0.2) is 14.0 Å². The van der Waals surface area contributed by atoms with Crippen LogP contribution in [0, 0.1) is 11.7 Å². The van der Waals surface area contributed by atoms with Crippen molar-refractivity contribution in [1.82, 2.24) is 10.2 Å². The third kappa shape index (κ3) is 5.78. The number of carbonyl (C=O) groups excluding carboxylic acids is 4. The van der Waals surface area contributed by atoms with Crippen LogP contribution in [0.5, 0.6) is 0 Å². The van der Waals surface area contributed by atoms with Gasteiger partial charge in [0.25, 0.3) is 0 Å². The number of hydrogen-bond donors (Lipinski definition) is 1. The number of ether oxygens (including phenoxy) is 2. The van der Waals surface area contributed by atoms with Crippen molar-refractivity contribution in [3.05, 3.63) is 34.1 Å². The molecule has 1 aromatic rings. The molecular formula is C20H24BrFN2O6. The molecule has 1 aromatic carbocycles. The van der Waals surface area contributed by atoms with Gasteiger partial charge in [-0.1, -0.05) is 13.8 Å². The number of nitrogens with one attached hydrogen (secondary N) is 1. The van der Waals surface area contributed by atoms with Gasteiger partial charge < -0.3 is 19.7 Å². The summed E-state index contributed by atoms with van der Waals surface area (Å²) in [5.74, 6) is -2.53. The molecule has 0 radical (unpaired) electrons. The molecule has 0 bridgehead atoms. The molecular weight excluding hydrogens is 463 g/mol. The molecule has 0 spiro atoms. The van der Waals surface area contributed by atoms with Gasteiger partial charge in [-0.2, -0.15) is 0 Å². The quantitative estimate of drug-likeness (QED) is 0.469. The van der Waals surface area contributed by atoms with Crippen molar-refractivity contribution < 1.29 is 33.0 Å². The van der Waals surface area contributed by atoms with Gasteiger partial charge in [-0.05, 0) is 52.9 Å². The lowest BCUT2D eigenvalue weighted by molar-refractivity contribution is -0.153. The van der Waals surface area contributed by atoms with Crippen molar-refractivity contribution in [3.8, 4) is 0 Å². The number of rotatable bonds is 7. The standard InChI is InChI=1S/C20H24BrFN2O6/c1-11(2)17(23-20(28)29-3)18(26)24-8-4-5-15(24)19(27)30-10-16(25)12-6-7-13(21)14(22)9-12/h6-7,9,11,15,17H,4-5,8,10H2,1-3H3,(H,23,28). The largest absolute Gasteiger partial charge is 0.456 e. The highest BCUT2D eigenvalue weighted by molar-refractivity contribution is 9.10. The Bertz CT molecular complexity index is 832. The third-order valence-electron chi connectivity index (χ3n) is 4.79. The van der Waals surface area contributed by atoms with Crippen molar-refractivity contribution in [2.45, 2.75) is 38.8 Å². The Kier molecular flexibility index (Phi) is 8.33. The first-order valence-electron chi connectivity index (χ1n) is 9.45. The monoisotopic (exact) mass is 486 g/mol. The van der Waals surface area contributed by atoms with E-state index in [4.69, 9.17) is 4.74 Å². The highest BCUT2D eigenvalue weighted by Crippen LogP contribution is 2.22. The lowest BCUT2D eigenvalue weighted by Gasteiger charge is -2.29. The molecule has 0 aliphatic carbocycles. The summed E-state index contributed by atoms with van der Waals surface area (Å²) in [4.78, 5) is 50.5. The number of nitrogens with zero attached hydrogens (tertiary/aromatic N) is 1. The number of alkyl carbamates (subject to hydrolysis) is 1. The number of halogens is 2. The van der Waals surface area contributed by atoms with E-state index in [0.717, 1.165) is 6.07 Å². The number of hydrogen-bond acceptors (Lipinski definition) is 6. The van der Waals surface area contributed by atoms with Crippen LogP contribution in [0.1, 0.15) is 37.0 Å². The summed E-state index contributed by atoms with van der Waals surface area (Å²) in [7, 11) is 1.20. The van der Waals surface area contributed by atoms with E-state index in [0.29, 0.717) is 19.4 Å². The van der Waals surface area contributed by atoms with Crippen LogP contribution in [0.2, 0.25) is 0 Å². The number of benzene rings is 1. The SMILES string of the molecule is COC(=O)NC(C(=O)N1CCCC1C(=O)OCC(=O)c1ccc(Br)c(F)c1)C(C)C. The summed E-state index contributed by atoms with van der Waals surface area (Å²) in [6, 6.07) is 2.14. The van der Waals surface area contributed by atoms with E-state index in [1.807, 2.05) is 0 Å². The zero-order valence-corrected chi connectivity index (χ0v) is 18.5. The first kappa shape index (κ1) is 23.8. The molecule has 1 N–H and O–H groups in total. The molecule has 1 heterocycles. The van der Waals surface area contributed by atoms with E-state index in [1.165, 1.54) is 24.1 Å². The fraction of sp³-hybridized carbons (Fsp3) is 0.500. The second-order valence-corrected chi connectivity index (χ2v) is 8.06. The van der Waals surface area contributed by atoms with Crippen LogP contribution in [0.3, 0.4) is 0 Å². The van der Waals surface area contributed by atoms with Crippen LogP contribution in [0.4, 0.5) is 9.18 Å². The Morgan fingerprint density at radius 2 is 2.00 bits per heavy atom. The molecule has 0 saturated carbocycles. The molecule has 2 unspecified atom stereocenters. The van der Waals surface area contributed by atoms with Crippen molar-refractivity contribution in [2.24, 2.45) is 5.92 Å². The van der Waals surface area contributed by atoms with E-state index in [2.05, 4.69) is 26.0 Å². The van der Waals surface area contributed by atoms with Gasteiger partial charge in [0.15, 0.2) is 12.4 Å². The van der Waals surface area contributed by atoms with E-state index >= 15 is 0 Å². The minimum atomic E-state index is -0.863.